The van der Waals surface area contributed by atoms with E-state index in [9.17, 15) is 0 Å². The summed E-state index contributed by atoms with van der Waals surface area (Å²) in [4.78, 5) is 0. The molecule has 0 aromatic rings. The van der Waals surface area contributed by atoms with Gasteiger partial charge in [0.05, 0.1) is 5.60 Å². The number of unbranched alkanes of at least 4 members (excludes halogenated alkanes) is 2. The summed E-state index contributed by atoms with van der Waals surface area (Å²) in [5.41, 5.74) is -0.00263. The maximum absolute atomic E-state index is 5.71. The minimum Gasteiger partial charge on any atom is -0.376 e. The number of ether oxygens (including phenoxy) is 1. The van der Waals surface area contributed by atoms with E-state index in [0.717, 1.165) is 51.6 Å². The molecule has 0 spiro atoms. The lowest BCUT2D eigenvalue weighted by atomic mass is 10.2. The highest BCUT2D eigenvalue weighted by molar-refractivity contribution is 5.00. The van der Waals surface area contributed by atoms with E-state index in [2.05, 4.69) is 88.5 Å². The predicted molar refractivity (Wildman–Crippen MR) is 114 cm³/mol. The van der Waals surface area contributed by atoms with Gasteiger partial charge in [-0.15, -0.1) is 0 Å². The molecule has 0 amide bonds. The first-order valence-corrected chi connectivity index (χ1v) is 9.95. The smallest absolute Gasteiger partial charge is 0.0598 e. The Bertz CT molecular complexity index is 416. The Balaban J connectivity index is 3.45. The fourth-order valence-electron chi connectivity index (χ4n) is 2.11. The Morgan fingerprint density at radius 3 is 1.48 bits per heavy atom. The van der Waals surface area contributed by atoms with Gasteiger partial charge in [0.2, 0.25) is 0 Å². The van der Waals surface area contributed by atoms with Crippen LogP contribution in [-0.4, -0.2) is 12.2 Å². The summed E-state index contributed by atoms with van der Waals surface area (Å²) < 4.78 is 5.71. The van der Waals surface area contributed by atoms with Crippen molar-refractivity contribution in [1.82, 2.24) is 0 Å². The summed E-state index contributed by atoms with van der Waals surface area (Å²) >= 11 is 0. The Morgan fingerprint density at radius 2 is 1.04 bits per heavy atom. The maximum Gasteiger partial charge on any atom is 0.0598 e. The second kappa shape index (κ2) is 17.5. The highest BCUT2D eigenvalue weighted by Crippen LogP contribution is 2.08. The van der Waals surface area contributed by atoms with Crippen LogP contribution in [0, 0.1) is 0 Å². The van der Waals surface area contributed by atoms with Crippen molar-refractivity contribution in [3.63, 3.8) is 0 Å². The molecule has 0 unspecified atom stereocenters. The summed E-state index contributed by atoms with van der Waals surface area (Å²) in [6.45, 7) is 9.36. The molecule has 0 aliphatic heterocycles. The fourth-order valence-corrected chi connectivity index (χ4v) is 2.11. The molecule has 0 saturated heterocycles. The molecular weight excluding hydrogens is 304 g/mol. The van der Waals surface area contributed by atoms with E-state index in [-0.39, 0.29) is 5.60 Å². The number of rotatable bonds is 14. The lowest BCUT2D eigenvalue weighted by Gasteiger charge is -2.19. The van der Waals surface area contributed by atoms with Gasteiger partial charge in [-0.25, -0.2) is 0 Å². The quantitative estimate of drug-likeness (QED) is 0.231. The van der Waals surface area contributed by atoms with Crippen LogP contribution in [0.5, 0.6) is 0 Å². The minimum atomic E-state index is -0.00263. The van der Waals surface area contributed by atoms with E-state index < -0.39 is 0 Å². The Kier molecular flexibility index (Phi) is 16.5. The van der Waals surface area contributed by atoms with Crippen molar-refractivity contribution >= 4 is 0 Å². The summed E-state index contributed by atoms with van der Waals surface area (Å²) in [5.74, 6) is 0. The van der Waals surface area contributed by atoms with Gasteiger partial charge in [0.1, 0.15) is 0 Å². The highest BCUT2D eigenvalue weighted by atomic mass is 16.5. The number of allylic oxidation sites excluding steroid dienone is 10. The molecule has 0 radical (unpaired) electrons. The third-order valence-electron chi connectivity index (χ3n) is 3.46. The molecule has 0 bridgehead atoms. The van der Waals surface area contributed by atoms with Crippen molar-refractivity contribution in [2.24, 2.45) is 0 Å². The molecule has 25 heavy (non-hydrogen) atoms. The van der Waals surface area contributed by atoms with Crippen molar-refractivity contribution in [2.75, 3.05) is 6.61 Å². The number of hydrogen-bond acceptors (Lipinski definition) is 1. The van der Waals surface area contributed by atoms with Gasteiger partial charge in [0, 0.05) is 6.61 Å². The Morgan fingerprint density at radius 1 is 0.600 bits per heavy atom. The third kappa shape index (κ3) is 22.7. The molecule has 0 aromatic carbocycles. The second-order valence-corrected chi connectivity index (χ2v) is 7.16. The molecule has 0 atom stereocenters. The molecule has 0 rings (SSSR count). The predicted octanol–water partition coefficient (Wildman–Crippen LogP) is 7.72. The van der Waals surface area contributed by atoms with Gasteiger partial charge in [-0.2, -0.15) is 0 Å². The monoisotopic (exact) mass is 344 g/mol. The first-order chi connectivity index (χ1) is 12.1. The SMILES string of the molecule is CC/C=C\C/C=C\C/C=C\C/C=C\C/C=C\CCCCOC(C)(C)C. The van der Waals surface area contributed by atoms with Gasteiger partial charge in [-0.3, -0.25) is 0 Å². The van der Waals surface area contributed by atoms with E-state index in [0.29, 0.717) is 0 Å². The zero-order valence-electron chi connectivity index (χ0n) is 17.0. The fraction of sp³-hybridized carbons (Fsp3) is 0.583. The molecule has 0 N–H and O–H groups in total. The van der Waals surface area contributed by atoms with Crippen LogP contribution in [-0.2, 0) is 4.74 Å². The lowest BCUT2D eigenvalue weighted by Crippen LogP contribution is -2.19. The molecule has 1 heteroatoms. The van der Waals surface area contributed by atoms with Crippen molar-refractivity contribution in [1.29, 1.82) is 0 Å². The molecule has 1 nitrogen and oxygen atoms in total. The summed E-state index contributed by atoms with van der Waals surface area (Å²) in [6, 6.07) is 0. The van der Waals surface area contributed by atoms with Crippen molar-refractivity contribution in [3.8, 4) is 0 Å². The molecule has 0 saturated carbocycles. The maximum atomic E-state index is 5.71. The summed E-state index contributed by atoms with van der Waals surface area (Å²) in [5, 5.41) is 0. The second-order valence-electron chi connectivity index (χ2n) is 7.16. The zero-order chi connectivity index (χ0) is 18.6. The summed E-state index contributed by atoms with van der Waals surface area (Å²) in [6.07, 6.45) is 31.2. The molecule has 0 aliphatic rings. The van der Waals surface area contributed by atoms with Crippen LogP contribution in [0.4, 0.5) is 0 Å². The molecular formula is C24H40O. The van der Waals surface area contributed by atoms with E-state index in [1.165, 1.54) is 6.42 Å². The van der Waals surface area contributed by atoms with Crippen LogP contribution in [0.15, 0.2) is 60.8 Å². The molecule has 142 valence electrons. The van der Waals surface area contributed by atoms with E-state index >= 15 is 0 Å². The Hall–Kier alpha value is -1.34. The largest absolute Gasteiger partial charge is 0.376 e. The third-order valence-corrected chi connectivity index (χ3v) is 3.46. The Labute approximate surface area is 157 Å². The van der Waals surface area contributed by atoms with Gasteiger partial charge in [0.15, 0.2) is 0 Å². The van der Waals surface area contributed by atoms with Crippen molar-refractivity contribution in [3.05, 3.63) is 60.8 Å². The summed E-state index contributed by atoms with van der Waals surface area (Å²) in [7, 11) is 0. The van der Waals surface area contributed by atoms with Gasteiger partial charge in [-0.05, 0) is 72.1 Å². The number of hydrogen-bond donors (Lipinski definition) is 0. The first kappa shape index (κ1) is 23.7. The molecule has 0 aliphatic carbocycles. The van der Waals surface area contributed by atoms with E-state index in [1.54, 1.807) is 0 Å². The average Bonchev–Trinajstić information content (AvgIpc) is 2.56. The molecule has 0 heterocycles. The standard InChI is InChI=1S/C24H40O/c1-5-6-7-8-9-10-11-12-13-14-15-16-17-18-19-20-21-22-23-25-24(2,3)4/h6-7,9-10,12-13,15-16,18-19H,5,8,11,14,17,20-23H2,1-4H3/b7-6-,10-9-,13-12-,16-15-,19-18-. The average molecular weight is 345 g/mol. The van der Waals surface area contributed by atoms with Crippen molar-refractivity contribution < 1.29 is 4.74 Å². The highest BCUT2D eigenvalue weighted by Gasteiger charge is 2.08. The lowest BCUT2D eigenvalue weighted by molar-refractivity contribution is -0.00447. The van der Waals surface area contributed by atoms with Crippen LogP contribution in [0.2, 0.25) is 0 Å². The van der Waals surface area contributed by atoms with Crippen LogP contribution in [0.3, 0.4) is 0 Å². The van der Waals surface area contributed by atoms with Crippen LogP contribution in [0.1, 0.15) is 79.1 Å². The van der Waals surface area contributed by atoms with Gasteiger partial charge < -0.3 is 4.74 Å². The minimum absolute atomic E-state index is 0.00263. The molecule has 0 aromatic heterocycles. The van der Waals surface area contributed by atoms with E-state index in [1.807, 2.05) is 0 Å². The van der Waals surface area contributed by atoms with Gasteiger partial charge >= 0.3 is 0 Å². The zero-order valence-corrected chi connectivity index (χ0v) is 17.0. The van der Waals surface area contributed by atoms with Gasteiger partial charge in [-0.1, -0.05) is 67.7 Å². The van der Waals surface area contributed by atoms with Crippen molar-refractivity contribution in [2.45, 2.75) is 84.7 Å². The van der Waals surface area contributed by atoms with Crippen LogP contribution in [0.25, 0.3) is 0 Å². The van der Waals surface area contributed by atoms with Gasteiger partial charge in [0.25, 0.3) is 0 Å². The van der Waals surface area contributed by atoms with E-state index in [4.69, 9.17) is 4.74 Å². The van der Waals surface area contributed by atoms with Crippen LogP contribution < -0.4 is 0 Å². The topological polar surface area (TPSA) is 9.23 Å². The van der Waals surface area contributed by atoms with Crippen LogP contribution >= 0.6 is 0 Å². The molecule has 0 fully saturated rings. The normalized spacial score (nSPS) is 13.6. The first-order valence-electron chi connectivity index (χ1n) is 9.95.